The number of fused-ring (bicyclic) bond motifs is 1. The van der Waals surface area contributed by atoms with Gasteiger partial charge in [-0.1, -0.05) is 18.2 Å². The first-order chi connectivity index (χ1) is 7.75. The summed E-state index contributed by atoms with van der Waals surface area (Å²) in [5, 5.41) is 1.17. The highest BCUT2D eigenvalue weighted by molar-refractivity contribution is 5.84. The van der Waals surface area contributed by atoms with Crippen LogP contribution in [0.3, 0.4) is 0 Å². The maximum absolute atomic E-state index is 5.85. The number of para-hydroxylation sites is 1. The lowest BCUT2D eigenvalue weighted by molar-refractivity contribution is 0.353. The quantitative estimate of drug-likeness (QED) is 0.789. The van der Waals surface area contributed by atoms with Gasteiger partial charge in [0.2, 0.25) is 0 Å². The second-order valence-electron chi connectivity index (χ2n) is 4.63. The molecule has 0 unspecified atom stereocenters. The van der Waals surface area contributed by atoms with E-state index in [1.54, 1.807) is 6.33 Å². The predicted molar refractivity (Wildman–Crippen MR) is 64.2 cm³/mol. The van der Waals surface area contributed by atoms with Crippen LogP contribution in [0.2, 0.25) is 0 Å². The van der Waals surface area contributed by atoms with E-state index < -0.39 is 0 Å². The fourth-order valence-electron chi connectivity index (χ4n) is 2.49. The van der Waals surface area contributed by atoms with Crippen LogP contribution in [0.15, 0.2) is 24.5 Å². The predicted octanol–water partition coefficient (Wildman–Crippen LogP) is 2.14. The first-order valence-electron chi connectivity index (χ1n) is 5.71. The van der Waals surface area contributed by atoms with E-state index in [1.807, 2.05) is 6.92 Å². The molecule has 2 aromatic rings. The number of aryl methyl sites for hydroxylation is 1. The molecule has 0 saturated heterocycles. The highest BCUT2D eigenvalue weighted by Crippen LogP contribution is 2.38. The molecule has 1 aromatic carbocycles. The molecule has 82 valence electrons. The number of hydrogen-bond donors (Lipinski definition) is 1. The van der Waals surface area contributed by atoms with Crippen LogP contribution in [-0.2, 0) is 0 Å². The van der Waals surface area contributed by atoms with Crippen molar-refractivity contribution >= 4 is 10.9 Å². The third kappa shape index (κ3) is 1.39. The Morgan fingerprint density at radius 1 is 1.25 bits per heavy atom. The number of benzene rings is 1. The maximum atomic E-state index is 5.85. The zero-order valence-electron chi connectivity index (χ0n) is 9.35. The van der Waals surface area contributed by atoms with Crippen molar-refractivity contribution in [2.45, 2.75) is 31.7 Å². The average molecular weight is 213 g/mol. The SMILES string of the molecule is Cc1ncnc2c(C3CC(N)C3)cccc12. The van der Waals surface area contributed by atoms with Gasteiger partial charge in [-0.05, 0) is 31.2 Å². The molecule has 1 heterocycles. The molecule has 0 amide bonds. The lowest BCUT2D eigenvalue weighted by Gasteiger charge is -2.33. The topological polar surface area (TPSA) is 51.8 Å². The lowest BCUT2D eigenvalue weighted by Crippen LogP contribution is -2.34. The summed E-state index contributed by atoms with van der Waals surface area (Å²) in [5.41, 5.74) is 9.34. The zero-order valence-corrected chi connectivity index (χ0v) is 9.35. The Morgan fingerprint density at radius 2 is 2.06 bits per heavy atom. The third-order valence-corrected chi connectivity index (χ3v) is 3.51. The van der Waals surface area contributed by atoms with Crippen molar-refractivity contribution in [3.05, 3.63) is 35.8 Å². The number of aromatic nitrogens is 2. The zero-order chi connectivity index (χ0) is 11.1. The second kappa shape index (κ2) is 3.52. The molecule has 1 aliphatic rings. The maximum Gasteiger partial charge on any atom is 0.116 e. The summed E-state index contributed by atoms with van der Waals surface area (Å²) in [6, 6.07) is 6.74. The van der Waals surface area contributed by atoms with Crippen LogP contribution < -0.4 is 5.73 Å². The van der Waals surface area contributed by atoms with Gasteiger partial charge < -0.3 is 5.73 Å². The van der Waals surface area contributed by atoms with Gasteiger partial charge >= 0.3 is 0 Å². The Kier molecular flexibility index (Phi) is 2.14. The van der Waals surface area contributed by atoms with Crippen molar-refractivity contribution in [2.24, 2.45) is 5.73 Å². The minimum atomic E-state index is 0.378. The van der Waals surface area contributed by atoms with E-state index in [4.69, 9.17) is 5.73 Å². The van der Waals surface area contributed by atoms with Gasteiger partial charge in [0.1, 0.15) is 6.33 Å². The van der Waals surface area contributed by atoms with Crippen LogP contribution in [0, 0.1) is 6.92 Å². The normalized spacial score (nSPS) is 24.4. The van der Waals surface area contributed by atoms with Crippen molar-refractivity contribution in [1.82, 2.24) is 9.97 Å². The van der Waals surface area contributed by atoms with Gasteiger partial charge in [0.15, 0.2) is 0 Å². The molecule has 2 N–H and O–H groups in total. The summed E-state index contributed by atoms with van der Waals surface area (Å²) in [6.07, 6.45) is 3.82. The standard InChI is InChI=1S/C13H15N3/c1-8-11-3-2-4-12(9-5-10(14)6-9)13(11)16-7-15-8/h2-4,7,9-10H,5-6,14H2,1H3. The Hall–Kier alpha value is -1.48. The van der Waals surface area contributed by atoms with E-state index in [0.29, 0.717) is 12.0 Å². The Balaban J connectivity index is 2.14. The Bertz CT molecular complexity index is 530. The third-order valence-electron chi connectivity index (χ3n) is 3.51. The van der Waals surface area contributed by atoms with Crippen molar-refractivity contribution in [1.29, 1.82) is 0 Å². The number of nitrogens with zero attached hydrogens (tertiary/aromatic N) is 2. The molecule has 3 nitrogen and oxygen atoms in total. The van der Waals surface area contributed by atoms with Gasteiger partial charge in [0.05, 0.1) is 5.52 Å². The average Bonchev–Trinajstić information content (AvgIpc) is 2.25. The largest absolute Gasteiger partial charge is 0.328 e. The smallest absolute Gasteiger partial charge is 0.116 e. The summed E-state index contributed by atoms with van der Waals surface area (Å²) in [4.78, 5) is 8.65. The molecule has 0 spiro atoms. The van der Waals surface area contributed by atoms with Crippen LogP contribution in [-0.4, -0.2) is 16.0 Å². The van der Waals surface area contributed by atoms with Crippen molar-refractivity contribution in [2.75, 3.05) is 0 Å². The van der Waals surface area contributed by atoms with Gasteiger partial charge in [0.25, 0.3) is 0 Å². The van der Waals surface area contributed by atoms with Gasteiger partial charge in [-0.3, -0.25) is 0 Å². The summed E-state index contributed by atoms with van der Waals surface area (Å²) < 4.78 is 0. The molecule has 1 saturated carbocycles. The van der Waals surface area contributed by atoms with Gasteiger partial charge in [-0.25, -0.2) is 9.97 Å². The van der Waals surface area contributed by atoms with Crippen LogP contribution in [0.1, 0.15) is 30.0 Å². The summed E-state index contributed by atoms with van der Waals surface area (Å²) in [7, 11) is 0. The second-order valence-corrected chi connectivity index (χ2v) is 4.63. The monoisotopic (exact) mass is 213 g/mol. The Morgan fingerprint density at radius 3 is 2.81 bits per heavy atom. The number of rotatable bonds is 1. The molecular weight excluding hydrogens is 198 g/mol. The van der Waals surface area contributed by atoms with Crippen molar-refractivity contribution < 1.29 is 0 Å². The summed E-state index contributed by atoms with van der Waals surface area (Å²) in [6.45, 7) is 2.03. The summed E-state index contributed by atoms with van der Waals surface area (Å²) in [5.74, 6) is 0.591. The minimum Gasteiger partial charge on any atom is -0.328 e. The van der Waals surface area contributed by atoms with E-state index in [2.05, 4.69) is 28.2 Å². The van der Waals surface area contributed by atoms with Crippen molar-refractivity contribution in [3.63, 3.8) is 0 Å². The van der Waals surface area contributed by atoms with Crippen LogP contribution in [0.4, 0.5) is 0 Å². The molecule has 0 bridgehead atoms. The van der Waals surface area contributed by atoms with E-state index in [9.17, 15) is 0 Å². The van der Waals surface area contributed by atoms with Crippen LogP contribution in [0.25, 0.3) is 10.9 Å². The van der Waals surface area contributed by atoms with E-state index in [1.165, 1.54) is 10.9 Å². The molecule has 1 aromatic heterocycles. The molecule has 1 fully saturated rings. The first kappa shape index (κ1) is 9.73. The summed E-state index contributed by atoms with van der Waals surface area (Å²) >= 11 is 0. The van der Waals surface area contributed by atoms with Crippen LogP contribution >= 0.6 is 0 Å². The fraction of sp³-hybridized carbons (Fsp3) is 0.385. The highest BCUT2D eigenvalue weighted by atomic mass is 14.8. The Labute approximate surface area is 94.7 Å². The van der Waals surface area contributed by atoms with Crippen LogP contribution in [0.5, 0.6) is 0 Å². The van der Waals surface area contributed by atoms with Gasteiger partial charge in [-0.2, -0.15) is 0 Å². The van der Waals surface area contributed by atoms with Gasteiger partial charge in [0, 0.05) is 17.1 Å². The lowest BCUT2D eigenvalue weighted by atomic mass is 9.76. The van der Waals surface area contributed by atoms with E-state index >= 15 is 0 Å². The highest BCUT2D eigenvalue weighted by Gasteiger charge is 2.28. The molecule has 1 aliphatic carbocycles. The molecule has 16 heavy (non-hydrogen) atoms. The first-order valence-corrected chi connectivity index (χ1v) is 5.71. The molecule has 3 rings (SSSR count). The molecule has 3 heteroatoms. The number of hydrogen-bond acceptors (Lipinski definition) is 3. The fourth-order valence-corrected chi connectivity index (χ4v) is 2.49. The van der Waals surface area contributed by atoms with E-state index in [-0.39, 0.29) is 0 Å². The van der Waals surface area contributed by atoms with Gasteiger partial charge in [-0.15, -0.1) is 0 Å². The minimum absolute atomic E-state index is 0.378. The molecule has 0 aliphatic heterocycles. The van der Waals surface area contributed by atoms with Crippen molar-refractivity contribution in [3.8, 4) is 0 Å². The molecule has 0 atom stereocenters. The molecular formula is C13H15N3. The number of nitrogens with two attached hydrogens (primary N) is 1. The van der Waals surface area contributed by atoms with E-state index in [0.717, 1.165) is 24.1 Å². The molecule has 0 radical (unpaired) electrons.